The normalized spacial score (nSPS) is 10.8. The molecular weight excluding hydrogens is 428 g/mol. The molecule has 0 spiro atoms. The van der Waals surface area contributed by atoms with Crippen LogP contribution in [-0.4, -0.2) is 27.5 Å². The molecule has 0 unspecified atom stereocenters. The number of nitro benzene ring substituents is 1. The van der Waals surface area contributed by atoms with Gasteiger partial charge in [0.05, 0.1) is 29.4 Å². The summed E-state index contributed by atoms with van der Waals surface area (Å²) in [7, 11) is 1.39. The molecule has 0 radical (unpaired) electrons. The lowest BCUT2D eigenvalue weighted by Crippen LogP contribution is -2.28. The van der Waals surface area contributed by atoms with Crippen LogP contribution >= 0.6 is 22.7 Å². The molecule has 11 heteroatoms. The van der Waals surface area contributed by atoms with Crippen LogP contribution in [0.15, 0.2) is 52.2 Å². The van der Waals surface area contributed by atoms with Crippen LogP contribution < -0.4 is 15.6 Å². The molecule has 9 nitrogen and oxygen atoms in total. The molecule has 30 heavy (non-hydrogen) atoms. The Hall–Kier alpha value is -3.57. The van der Waals surface area contributed by atoms with Crippen molar-refractivity contribution in [3.8, 4) is 16.2 Å². The first-order valence-electron chi connectivity index (χ1n) is 8.60. The second kappa shape index (κ2) is 8.05. The number of carbonyl (C=O) groups excluding carboxylic acids is 1. The number of thiophene rings is 2. The Bertz CT molecular complexity index is 1310. The van der Waals surface area contributed by atoms with E-state index in [-0.39, 0.29) is 29.2 Å². The van der Waals surface area contributed by atoms with E-state index in [1.165, 1.54) is 58.9 Å². The van der Waals surface area contributed by atoms with E-state index in [9.17, 15) is 19.7 Å². The van der Waals surface area contributed by atoms with E-state index in [1.807, 2.05) is 22.9 Å². The third-order valence-corrected chi connectivity index (χ3v) is 6.12. The van der Waals surface area contributed by atoms with Crippen LogP contribution in [0.25, 0.3) is 20.7 Å². The molecule has 3 heterocycles. The van der Waals surface area contributed by atoms with Crippen LogP contribution in [0.3, 0.4) is 0 Å². The van der Waals surface area contributed by atoms with E-state index < -0.39 is 10.8 Å². The minimum atomic E-state index is -0.569. The fourth-order valence-corrected chi connectivity index (χ4v) is 4.67. The number of amides is 1. The summed E-state index contributed by atoms with van der Waals surface area (Å²) in [4.78, 5) is 41.8. The summed E-state index contributed by atoms with van der Waals surface area (Å²) in [5.74, 6) is -0.266. The van der Waals surface area contributed by atoms with E-state index in [4.69, 9.17) is 4.74 Å². The SMILES string of the molecule is COc1ccc([N+](=O)[O-])cc1NC(=O)Cn1cnc2scc(-c3cccs3)c2c1=O. The van der Waals surface area contributed by atoms with Gasteiger partial charge in [0.15, 0.2) is 0 Å². The number of rotatable bonds is 6. The van der Waals surface area contributed by atoms with Crippen molar-refractivity contribution in [2.75, 3.05) is 12.4 Å². The highest BCUT2D eigenvalue weighted by Gasteiger charge is 2.17. The molecule has 0 aliphatic rings. The third-order valence-electron chi connectivity index (χ3n) is 4.33. The van der Waals surface area contributed by atoms with Gasteiger partial charge in [0.2, 0.25) is 5.91 Å². The molecule has 0 aliphatic carbocycles. The first-order chi connectivity index (χ1) is 14.5. The summed E-state index contributed by atoms with van der Waals surface area (Å²) in [6, 6.07) is 7.70. The molecule has 3 aromatic heterocycles. The van der Waals surface area contributed by atoms with E-state index >= 15 is 0 Å². The summed E-state index contributed by atoms with van der Waals surface area (Å²) in [5.41, 5.74) is 0.419. The van der Waals surface area contributed by atoms with Gasteiger partial charge in [0.1, 0.15) is 17.1 Å². The predicted octanol–water partition coefficient (Wildman–Crippen LogP) is 3.74. The number of methoxy groups -OCH3 is 1. The van der Waals surface area contributed by atoms with Crippen LogP contribution in [0.5, 0.6) is 5.75 Å². The largest absolute Gasteiger partial charge is 0.495 e. The number of anilines is 1. The van der Waals surface area contributed by atoms with Gasteiger partial charge in [-0.2, -0.15) is 0 Å². The number of nitro groups is 1. The lowest BCUT2D eigenvalue weighted by atomic mass is 10.2. The fraction of sp³-hybridized carbons (Fsp3) is 0.105. The summed E-state index contributed by atoms with van der Waals surface area (Å²) in [5, 5.41) is 17.8. The Balaban J connectivity index is 1.64. The predicted molar refractivity (Wildman–Crippen MR) is 115 cm³/mol. The highest BCUT2D eigenvalue weighted by atomic mass is 32.1. The van der Waals surface area contributed by atoms with E-state index in [0.29, 0.717) is 10.2 Å². The van der Waals surface area contributed by atoms with E-state index in [2.05, 4.69) is 10.3 Å². The van der Waals surface area contributed by atoms with Gasteiger partial charge in [-0.15, -0.1) is 22.7 Å². The van der Waals surface area contributed by atoms with Crippen molar-refractivity contribution < 1.29 is 14.5 Å². The number of carbonyl (C=O) groups is 1. The molecule has 0 bridgehead atoms. The van der Waals surface area contributed by atoms with Crippen molar-refractivity contribution in [2.45, 2.75) is 6.54 Å². The average molecular weight is 442 g/mol. The number of non-ortho nitro benzene ring substituents is 1. The van der Waals surface area contributed by atoms with Gasteiger partial charge in [-0.05, 0) is 17.5 Å². The summed E-state index contributed by atoms with van der Waals surface area (Å²) in [6.45, 7) is -0.298. The fourth-order valence-electron chi connectivity index (χ4n) is 2.95. The first-order valence-corrected chi connectivity index (χ1v) is 10.4. The summed E-state index contributed by atoms with van der Waals surface area (Å²) in [6.07, 6.45) is 1.32. The smallest absolute Gasteiger partial charge is 0.271 e. The minimum Gasteiger partial charge on any atom is -0.495 e. The molecule has 4 rings (SSSR count). The van der Waals surface area contributed by atoms with Crippen molar-refractivity contribution in [1.29, 1.82) is 0 Å². The van der Waals surface area contributed by atoms with Gasteiger partial charge in [-0.3, -0.25) is 24.3 Å². The Kier molecular flexibility index (Phi) is 5.29. The number of hydrogen-bond donors (Lipinski definition) is 1. The molecule has 4 aromatic rings. The average Bonchev–Trinajstić information content (AvgIpc) is 3.39. The zero-order valence-corrected chi connectivity index (χ0v) is 17.2. The van der Waals surface area contributed by atoms with Crippen LogP contribution in [0, 0.1) is 10.1 Å². The van der Waals surface area contributed by atoms with Crippen molar-refractivity contribution in [2.24, 2.45) is 0 Å². The van der Waals surface area contributed by atoms with Crippen LogP contribution in [0.4, 0.5) is 11.4 Å². The van der Waals surface area contributed by atoms with Gasteiger partial charge < -0.3 is 10.1 Å². The Morgan fingerprint density at radius 3 is 2.87 bits per heavy atom. The lowest BCUT2D eigenvalue weighted by molar-refractivity contribution is -0.384. The Morgan fingerprint density at radius 2 is 2.17 bits per heavy atom. The zero-order chi connectivity index (χ0) is 21.3. The highest BCUT2D eigenvalue weighted by Crippen LogP contribution is 2.33. The standard InChI is InChI=1S/C19H14N4O5S2/c1-28-14-5-4-11(23(26)27)7-13(14)21-16(24)8-22-10-20-18-17(19(22)25)12(9-30-18)15-3-2-6-29-15/h2-7,9-10H,8H2,1H3,(H,21,24). The Labute approximate surface area is 177 Å². The molecule has 0 atom stereocenters. The topological polar surface area (TPSA) is 116 Å². The molecule has 0 saturated carbocycles. The van der Waals surface area contributed by atoms with Crippen molar-refractivity contribution in [1.82, 2.24) is 9.55 Å². The maximum absolute atomic E-state index is 13.0. The number of nitrogens with one attached hydrogen (secondary N) is 1. The summed E-state index contributed by atoms with van der Waals surface area (Å²) < 4.78 is 6.36. The van der Waals surface area contributed by atoms with Crippen molar-refractivity contribution in [3.63, 3.8) is 0 Å². The number of nitrogens with zero attached hydrogens (tertiary/aromatic N) is 3. The minimum absolute atomic E-state index is 0.147. The van der Waals surface area contributed by atoms with E-state index in [1.54, 1.807) is 0 Å². The molecule has 152 valence electrons. The number of benzene rings is 1. The van der Waals surface area contributed by atoms with E-state index in [0.717, 1.165) is 10.4 Å². The van der Waals surface area contributed by atoms with Crippen LogP contribution in [0.2, 0.25) is 0 Å². The Morgan fingerprint density at radius 1 is 1.33 bits per heavy atom. The molecule has 1 amide bonds. The van der Waals surface area contributed by atoms with Crippen LogP contribution in [0.1, 0.15) is 0 Å². The maximum Gasteiger partial charge on any atom is 0.271 e. The summed E-state index contributed by atoms with van der Waals surface area (Å²) >= 11 is 2.88. The van der Waals surface area contributed by atoms with Crippen molar-refractivity contribution in [3.05, 3.63) is 67.9 Å². The second-order valence-electron chi connectivity index (χ2n) is 6.17. The number of hydrogen-bond acceptors (Lipinski definition) is 8. The number of aromatic nitrogens is 2. The van der Waals surface area contributed by atoms with Gasteiger partial charge in [0.25, 0.3) is 11.2 Å². The maximum atomic E-state index is 13.0. The molecule has 0 saturated heterocycles. The quantitative estimate of drug-likeness (QED) is 0.359. The molecular formula is C19H14N4O5S2. The van der Waals surface area contributed by atoms with Gasteiger partial charge in [0, 0.05) is 28.0 Å². The lowest BCUT2D eigenvalue weighted by Gasteiger charge is -2.11. The zero-order valence-electron chi connectivity index (χ0n) is 15.5. The number of fused-ring (bicyclic) bond motifs is 1. The van der Waals surface area contributed by atoms with Gasteiger partial charge >= 0.3 is 0 Å². The van der Waals surface area contributed by atoms with Gasteiger partial charge in [-0.25, -0.2) is 4.98 Å². The molecule has 1 N–H and O–H groups in total. The van der Waals surface area contributed by atoms with Gasteiger partial charge in [-0.1, -0.05) is 6.07 Å². The second-order valence-corrected chi connectivity index (χ2v) is 7.98. The third kappa shape index (κ3) is 3.67. The highest BCUT2D eigenvalue weighted by molar-refractivity contribution is 7.18. The molecule has 0 fully saturated rings. The molecule has 0 aliphatic heterocycles. The number of ether oxygens (including phenoxy) is 1. The van der Waals surface area contributed by atoms with Crippen molar-refractivity contribution >= 4 is 50.2 Å². The first kappa shape index (κ1) is 19.7. The molecule has 1 aromatic carbocycles. The monoisotopic (exact) mass is 442 g/mol. The van der Waals surface area contributed by atoms with Crippen LogP contribution in [-0.2, 0) is 11.3 Å².